The maximum atomic E-state index is 9.19. The first-order valence-electron chi connectivity index (χ1n) is 4.55. The van der Waals surface area contributed by atoms with Gasteiger partial charge in [-0.25, -0.2) is 4.98 Å². The van der Waals surface area contributed by atoms with Gasteiger partial charge in [-0.1, -0.05) is 18.5 Å². The number of hydrogen-bond acceptors (Lipinski definition) is 4. The molecule has 0 atom stereocenters. The van der Waals surface area contributed by atoms with E-state index in [0.29, 0.717) is 10.7 Å². The van der Waals surface area contributed by atoms with Crippen molar-refractivity contribution in [1.82, 2.24) is 14.8 Å². The molecule has 4 nitrogen and oxygen atoms in total. The van der Waals surface area contributed by atoms with Crippen molar-refractivity contribution in [1.29, 1.82) is 0 Å². The highest BCUT2D eigenvalue weighted by atomic mass is 35.5. The number of halogens is 1. The van der Waals surface area contributed by atoms with Gasteiger partial charge in [0.25, 0.3) is 0 Å². The zero-order valence-corrected chi connectivity index (χ0v) is 9.72. The Bertz CT molecular complexity index is 452. The van der Waals surface area contributed by atoms with Crippen LogP contribution in [0.5, 0.6) is 0 Å². The first-order valence-corrected chi connectivity index (χ1v) is 5.80. The minimum absolute atomic E-state index is 0.0899. The number of aliphatic hydroxyl groups excluding tert-OH is 1. The van der Waals surface area contributed by atoms with Crippen molar-refractivity contribution in [2.24, 2.45) is 0 Å². The van der Waals surface area contributed by atoms with E-state index >= 15 is 0 Å². The largest absolute Gasteiger partial charge is 0.391 e. The van der Waals surface area contributed by atoms with Gasteiger partial charge in [-0.3, -0.25) is 0 Å². The maximum absolute atomic E-state index is 9.19. The predicted octanol–water partition coefficient (Wildman–Crippen LogP) is 2.04. The summed E-state index contributed by atoms with van der Waals surface area (Å²) in [5.41, 5.74) is 1.51. The van der Waals surface area contributed by atoms with Crippen LogP contribution in [0.25, 0.3) is 5.13 Å². The Hall–Kier alpha value is -0.910. The van der Waals surface area contributed by atoms with Crippen LogP contribution in [0.4, 0.5) is 0 Å². The summed E-state index contributed by atoms with van der Waals surface area (Å²) >= 11 is 7.56. The summed E-state index contributed by atoms with van der Waals surface area (Å²) in [5.74, 6) is 0. The molecule has 0 unspecified atom stereocenters. The van der Waals surface area contributed by atoms with Crippen molar-refractivity contribution < 1.29 is 5.11 Å². The Labute approximate surface area is 96.1 Å². The lowest BCUT2D eigenvalue weighted by atomic mass is 10.2. The normalized spacial score (nSPS) is 10.9. The molecule has 0 bridgehead atoms. The zero-order chi connectivity index (χ0) is 10.8. The molecule has 0 aliphatic carbocycles. The number of rotatable bonds is 3. The van der Waals surface area contributed by atoms with E-state index in [4.69, 9.17) is 11.6 Å². The van der Waals surface area contributed by atoms with Crippen molar-refractivity contribution >= 4 is 22.9 Å². The molecule has 2 rings (SSSR count). The van der Waals surface area contributed by atoms with E-state index in [1.807, 2.05) is 12.3 Å². The fourth-order valence-corrected chi connectivity index (χ4v) is 2.29. The van der Waals surface area contributed by atoms with E-state index < -0.39 is 0 Å². The van der Waals surface area contributed by atoms with Crippen LogP contribution in [0.3, 0.4) is 0 Å². The highest BCUT2D eigenvalue weighted by Crippen LogP contribution is 2.24. The topological polar surface area (TPSA) is 50.9 Å². The quantitative estimate of drug-likeness (QED) is 0.898. The van der Waals surface area contributed by atoms with Crippen LogP contribution in [0.2, 0.25) is 5.15 Å². The predicted molar refractivity (Wildman–Crippen MR) is 59.5 cm³/mol. The molecule has 80 valence electrons. The van der Waals surface area contributed by atoms with Gasteiger partial charge >= 0.3 is 0 Å². The zero-order valence-electron chi connectivity index (χ0n) is 8.14. The first-order chi connectivity index (χ1) is 7.27. The minimum atomic E-state index is -0.0899. The molecule has 0 aliphatic rings. The molecule has 2 aromatic rings. The highest BCUT2D eigenvalue weighted by molar-refractivity contribution is 7.12. The second kappa shape index (κ2) is 4.30. The highest BCUT2D eigenvalue weighted by Gasteiger charge is 2.16. The Morgan fingerprint density at radius 2 is 2.40 bits per heavy atom. The summed E-state index contributed by atoms with van der Waals surface area (Å²) in [6, 6.07) is 0. The smallest absolute Gasteiger partial charge is 0.211 e. The molecular formula is C9H10ClN3OS. The van der Waals surface area contributed by atoms with Gasteiger partial charge in [0.05, 0.1) is 12.3 Å². The van der Waals surface area contributed by atoms with E-state index in [1.54, 1.807) is 10.9 Å². The number of aryl methyl sites for hydroxylation is 1. The number of nitrogens with zero attached hydrogens (tertiary/aromatic N) is 3. The second-order valence-electron chi connectivity index (χ2n) is 2.95. The van der Waals surface area contributed by atoms with Gasteiger partial charge in [-0.15, -0.1) is 11.3 Å². The number of thiazole rings is 1. The number of aromatic nitrogens is 3. The lowest BCUT2D eigenvalue weighted by Crippen LogP contribution is -1.95. The Balaban J connectivity index is 2.54. The van der Waals surface area contributed by atoms with Gasteiger partial charge in [0.1, 0.15) is 5.15 Å². The molecule has 0 spiro atoms. The van der Waals surface area contributed by atoms with Crippen molar-refractivity contribution in [3.63, 3.8) is 0 Å². The van der Waals surface area contributed by atoms with E-state index in [2.05, 4.69) is 10.1 Å². The third-order valence-electron chi connectivity index (χ3n) is 2.10. The Kier molecular flexibility index (Phi) is 3.04. The fraction of sp³-hybridized carbons (Fsp3) is 0.333. The van der Waals surface area contributed by atoms with Gasteiger partial charge in [-0.05, 0) is 6.42 Å². The Morgan fingerprint density at radius 3 is 2.87 bits per heavy atom. The van der Waals surface area contributed by atoms with Crippen LogP contribution in [0.15, 0.2) is 11.6 Å². The van der Waals surface area contributed by atoms with Crippen LogP contribution in [-0.2, 0) is 13.0 Å². The molecule has 1 N–H and O–H groups in total. The fourth-order valence-electron chi connectivity index (χ4n) is 1.36. The van der Waals surface area contributed by atoms with Crippen LogP contribution in [0.1, 0.15) is 18.2 Å². The number of hydrogen-bond donors (Lipinski definition) is 1. The second-order valence-corrected chi connectivity index (χ2v) is 4.19. The summed E-state index contributed by atoms with van der Waals surface area (Å²) in [4.78, 5) is 4.12. The molecule has 0 aliphatic heterocycles. The van der Waals surface area contributed by atoms with Crippen molar-refractivity contribution in [2.75, 3.05) is 0 Å². The summed E-state index contributed by atoms with van der Waals surface area (Å²) in [6.07, 6.45) is 2.44. The standard InChI is InChI=1S/C9H10ClN3OS/c1-2-7-6(5-14)8(10)13(12-7)9-11-3-4-15-9/h3-4,14H,2,5H2,1H3. The van der Waals surface area contributed by atoms with Gasteiger partial charge in [0.2, 0.25) is 5.13 Å². The van der Waals surface area contributed by atoms with E-state index in [0.717, 1.165) is 17.2 Å². The van der Waals surface area contributed by atoms with Crippen molar-refractivity contribution in [2.45, 2.75) is 20.0 Å². The SMILES string of the molecule is CCc1nn(-c2nccs2)c(Cl)c1CO. The van der Waals surface area contributed by atoms with Gasteiger partial charge in [0.15, 0.2) is 0 Å². The summed E-state index contributed by atoms with van der Waals surface area (Å²) in [6.45, 7) is 1.89. The third kappa shape index (κ3) is 1.78. The first kappa shape index (κ1) is 10.6. The third-order valence-corrected chi connectivity index (χ3v) is 3.23. The molecule has 2 aromatic heterocycles. The molecule has 6 heteroatoms. The average molecular weight is 244 g/mol. The lowest BCUT2D eigenvalue weighted by Gasteiger charge is -1.96. The molecule has 15 heavy (non-hydrogen) atoms. The summed E-state index contributed by atoms with van der Waals surface area (Å²) in [7, 11) is 0. The van der Waals surface area contributed by atoms with Crippen molar-refractivity contribution in [3.8, 4) is 5.13 Å². The van der Waals surface area contributed by atoms with Gasteiger partial charge < -0.3 is 5.11 Å². The monoisotopic (exact) mass is 243 g/mol. The molecule has 0 saturated carbocycles. The Morgan fingerprint density at radius 1 is 1.60 bits per heavy atom. The lowest BCUT2D eigenvalue weighted by molar-refractivity contribution is 0.281. The van der Waals surface area contributed by atoms with Gasteiger partial charge in [-0.2, -0.15) is 9.78 Å². The van der Waals surface area contributed by atoms with E-state index in [9.17, 15) is 5.11 Å². The molecular weight excluding hydrogens is 234 g/mol. The van der Waals surface area contributed by atoms with Crippen LogP contribution in [-0.4, -0.2) is 19.9 Å². The van der Waals surface area contributed by atoms with Crippen molar-refractivity contribution in [3.05, 3.63) is 28.0 Å². The summed E-state index contributed by atoms with van der Waals surface area (Å²) < 4.78 is 1.57. The maximum Gasteiger partial charge on any atom is 0.211 e. The number of aliphatic hydroxyl groups is 1. The van der Waals surface area contributed by atoms with E-state index in [-0.39, 0.29) is 6.61 Å². The summed E-state index contributed by atoms with van der Waals surface area (Å²) in [5, 5.41) is 16.5. The minimum Gasteiger partial charge on any atom is -0.391 e. The molecule has 0 saturated heterocycles. The molecule has 0 amide bonds. The molecule has 0 fully saturated rings. The molecule has 0 radical (unpaired) electrons. The van der Waals surface area contributed by atoms with Crippen LogP contribution < -0.4 is 0 Å². The van der Waals surface area contributed by atoms with Crippen LogP contribution >= 0.6 is 22.9 Å². The average Bonchev–Trinajstić information content (AvgIpc) is 2.84. The van der Waals surface area contributed by atoms with E-state index in [1.165, 1.54) is 11.3 Å². The van der Waals surface area contributed by atoms with Crippen LogP contribution in [0, 0.1) is 0 Å². The van der Waals surface area contributed by atoms with Gasteiger partial charge in [0, 0.05) is 17.1 Å². The molecule has 0 aromatic carbocycles. The molecule has 2 heterocycles.